The van der Waals surface area contributed by atoms with Crippen LogP contribution in [0.4, 0.5) is 0 Å². The molecule has 0 spiro atoms. The first kappa shape index (κ1) is 20.9. The molecule has 0 saturated carbocycles. The second-order valence-corrected chi connectivity index (χ2v) is 8.38. The van der Waals surface area contributed by atoms with E-state index in [4.69, 9.17) is 4.42 Å². The van der Waals surface area contributed by atoms with Gasteiger partial charge in [0.15, 0.2) is 5.78 Å². The molecule has 0 aliphatic rings. The molecule has 0 atom stereocenters. The molecule has 3 rings (SSSR count). The molecule has 0 aliphatic carbocycles. The van der Waals surface area contributed by atoms with Gasteiger partial charge in [0.05, 0.1) is 0 Å². The van der Waals surface area contributed by atoms with E-state index >= 15 is 0 Å². The quantitative estimate of drug-likeness (QED) is 0.432. The van der Waals surface area contributed by atoms with Crippen molar-refractivity contribution in [1.82, 2.24) is 0 Å². The standard InChI is InChI=1S/C24H24O4S/c1-14-11-15(2)22(16(3)12-14)23-21(26)13-19(28-24(23)27)9-10-29-20-7-5-18(6-8-20)17(4)25/h5-8,11-13,26H,9-10H2,1-4H3. The molecule has 1 heterocycles. The highest BCUT2D eigenvalue weighted by molar-refractivity contribution is 7.99. The Morgan fingerprint density at radius 2 is 1.62 bits per heavy atom. The number of ketones is 1. The number of hydrogen-bond acceptors (Lipinski definition) is 5. The zero-order valence-electron chi connectivity index (χ0n) is 17.0. The van der Waals surface area contributed by atoms with E-state index in [1.165, 1.54) is 6.07 Å². The Labute approximate surface area is 174 Å². The average molecular weight is 409 g/mol. The second kappa shape index (κ2) is 8.70. The van der Waals surface area contributed by atoms with E-state index in [0.717, 1.165) is 27.1 Å². The van der Waals surface area contributed by atoms with Crippen LogP contribution < -0.4 is 5.63 Å². The molecular weight excluding hydrogens is 384 g/mol. The molecule has 1 N–H and O–H groups in total. The van der Waals surface area contributed by atoms with E-state index in [-0.39, 0.29) is 17.1 Å². The number of Topliss-reactive ketones (excluding diaryl/α,β-unsaturated/α-hetero) is 1. The Bertz CT molecular complexity index is 1090. The Hall–Kier alpha value is -2.79. The normalized spacial score (nSPS) is 10.9. The maximum absolute atomic E-state index is 12.6. The summed E-state index contributed by atoms with van der Waals surface area (Å²) in [6.45, 7) is 7.40. The van der Waals surface area contributed by atoms with Gasteiger partial charge in [-0.25, -0.2) is 4.79 Å². The van der Waals surface area contributed by atoms with Crippen LogP contribution in [0.1, 0.15) is 39.7 Å². The van der Waals surface area contributed by atoms with Gasteiger partial charge in [0.25, 0.3) is 0 Å². The van der Waals surface area contributed by atoms with Gasteiger partial charge in [-0.05, 0) is 56.5 Å². The maximum Gasteiger partial charge on any atom is 0.347 e. The highest BCUT2D eigenvalue weighted by Crippen LogP contribution is 2.33. The lowest BCUT2D eigenvalue weighted by Crippen LogP contribution is -2.08. The highest BCUT2D eigenvalue weighted by atomic mass is 32.2. The minimum absolute atomic E-state index is 0.0398. The number of thioether (sulfide) groups is 1. The van der Waals surface area contributed by atoms with Gasteiger partial charge in [0.1, 0.15) is 17.1 Å². The molecule has 0 fully saturated rings. The van der Waals surface area contributed by atoms with Crippen molar-refractivity contribution in [3.63, 3.8) is 0 Å². The van der Waals surface area contributed by atoms with Crippen molar-refractivity contribution in [3.8, 4) is 16.9 Å². The lowest BCUT2D eigenvalue weighted by atomic mass is 9.94. The van der Waals surface area contributed by atoms with Crippen LogP contribution in [0.2, 0.25) is 0 Å². The van der Waals surface area contributed by atoms with Crippen LogP contribution >= 0.6 is 11.8 Å². The molecule has 0 bridgehead atoms. The maximum atomic E-state index is 12.6. The molecule has 0 amide bonds. The summed E-state index contributed by atoms with van der Waals surface area (Å²) in [4.78, 5) is 25.0. The second-order valence-electron chi connectivity index (χ2n) is 7.21. The first-order valence-electron chi connectivity index (χ1n) is 9.44. The number of hydrogen-bond donors (Lipinski definition) is 1. The van der Waals surface area contributed by atoms with Gasteiger partial charge in [-0.3, -0.25) is 4.79 Å². The van der Waals surface area contributed by atoms with Crippen LogP contribution in [0.3, 0.4) is 0 Å². The molecule has 0 aliphatic heterocycles. The van der Waals surface area contributed by atoms with Crippen molar-refractivity contribution < 1.29 is 14.3 Å². The van der Waals surface area contributed by atoms with E-state index in [1.807, 2.05) is 45.0 Å². The lowest BCUT2D eigenvalue weighted by molar-refractivity contribution is 0.101. The Morgan fingerprint density at radius 3 is 2.17 bits per heavy atom. The molecule has 0 radical (unpaired) electrons. The van der Waals surface area contributed by atoms with Gasteiger partial charge in [-0.15, -0.1) is 11.8 Å². The number of carbonyl (C=O) groups is 1. The zero-order chi connectivity index (χ0) is 21.1. The summed E-state index contributed by atoms with van der Waals surface area (Å²) in [6, 6.07) is 12.9. The Morgan fingerprint density at radius 1 is 1.00 bits per heavy atom. The molecule has 0 unspecified atom stereocenters. The van der Waals surface area contributed by atoms with E-state index in [9.17, 15) is 14.7 Å². The monoisotopic (exact) mass is 408 g/mol. The third-order valence-corrected chi connectivity index (χ3v) is 5.80. The predicted molar refractivity (Wildman–Crippen MR) is 117 cm³/mol. The molecule has 4 nitrogen and oxygen atoms in total. The fraction of sp³-hybridized carbons (Fsp3) is 0.250. The Kier molecular flexibility index (Phi) is 6.28. The van der Waals surface area contributed by atoms with Gasteiger partial charge in [0.2, 0.25) is 0 Å². The van der Waals surface area contributed by atoms with Crippen molar-refractivity contribution in [3.05, 3.63) is 80.9 Å². The predicted octanol–water partition coefficient (Wildman–Crippen LogP) is 5.48. The summed E-state index contributed by atoms with van der Waals surface area (Å²) >= 11 is 1.60. The van der Waals surface area contributed by atoms with E-state index in [2.05, 4.69) is 0 Å². The number of rotatable bonds is 6. The van der Waals surface area contributed by atoms with Crippen LogP contribution in [0.5, 0.6) is 5.75 Å². The minimum atomic E-state index is -0.522. The molecular formula is C24H24O4S. The molecule has 0 saturated heterocycles. The van der Waals surface area contributed by atoms with Crippen molar-refractivity contribution in [2.45, 2.75) is 39.0 Å². The summed E-state index contributed by atoms with van der Waals surface area (Å²) in [7, 11) is 0. The molecule has 3 aromatic rings. The topological polar surface area (TPSA) is 67.5 Å². The van der Waals surface area contributed by atoms with Gasteiger partial charge in [0, 0.05) is 28.7 Å². The van der Waals surface area contributed by atoms with Gasteiger partial charge in [-0.1, -0.05) is 29.8 Å². The van der Waals surface area contributed by atoms with E-state index < -0.39 is 5.63 Å². The number of benzene rings is 2. The largest absolute Gasteiger partial charge is 0.507 e. The molecule has 2 aromatic carbocycles. The van der Waals surface area contributed by atoms with E-state index in [1.54, 1.807) is 30.8 Å². The van der Waals surface area contributed by atoms with Gasteiger partial charge >= 0.3 is 5.63 Å². The van der Waals surface area contributed by atoms with Crippen LogP contribution in [-0.2, 0) is 6.42 Å². The first-order chi connectivity index (χ1) is 13.8. The smallest absolute Gasteiger partial charge is 0.347 e. The molecule has 1 aromatic heterocycles. The van der Waals surface area contributed by atoms with Gasteiger partial charge < -0.3 is 9.52 Å². The van der Waals surface area contributed by atoms with Crippen molar-refractivity contribution >= 4 is 17.5 Å². The van der Waals surface area contributed by atoms with Crippen LogP contribution in [0.25, 0.3) is 11.1 Å². The number of aromatic hydroxyl groups is 1. The average Bonchev–Trinajstić information content (AvgIpc) is 2.63. The summed E-state index contributed by atoms with van der Waals surface area (Å²) in [5.74, 6) is 1.12. The number of aryl methyl sites for hydroxylation is 4. The zero-order valence-corrected chi connectivity index (χ0v) is 17.9. The summed E-state index contributed by atoms with van der Waals surface area (Å²) in [5, 5.41) is 10.5. The fourth-order valence-corrected chi connectivity index (χ4v) is 4.38. The molecule has 5 heteroatoms. The summed E-state index contributed by atoms with van der Waals surface area (Å²) in [5.41, 5.74) is 4.08. The first-order valence-corrected chi connectivity index (χ1v) is 10.4. The summed E-state index contributed by atoms with van der Waals surface area (Å²) in [6.07, 6.45) is 0.508. The molecule has 29 heavy (non-hydrogen) atoms. The third kappa shape index (κ3) is 4.80. The van der Waals surface area contributed by atoms with Gasteiger partial charge in [-0.2, -0.15) is 0 Å². The van der Waals surface area contributed by atoms with Crippen molar-refractivity contribution in [2.75, 3.05) is 5.75 Å². The van der Waals surface area contributed by atoms with Crippen LogP contribution in [-0.4, -0.2) is 16.6 Å². The number of carbonyl (C=O) groups excluding carboxylic acids is 1. The summed E-state index contributed by atoms with van der Waals surface area (Å²) < 4.78 is 5.50. The lowest BCUT2D eigenvalue weighted by Gasteiger charge is -2.12. The third-order valence-electron chi connectivity index (χ3n) is 4.79. The van der Waals surface area contributed by atoms with Crippen molar-refractivity contribution in [2.24, 2.45) is 0 Å². The highest BCUT2D eigenvalue weighted by Gasteiger charge is 2.17. The fourth-order valence-electron chi connectivity index (χ4n) is 3.51. The minimum Gasteiger partial charge on any atom is -0.507 e. The van der Waals surface area contributed by atoms with Crippen LogP contribution in [0.15, 0.2) is 56.6 Å². The van der Waals surface area contributed by atoms with Crippen molar-refractivity contribution in [1.29, 1.82) is 0 Å². The Balaban J connectivity index is 1.76. The van der Waals surface area contributed by atoms with Crippen LogP contribution in [0, 0.1) is 20.8 Å². The molecule has 150 valence electrons. The van der Waals surface area contributed by atoms with E-state index in [0.29, 0.717) is 23.5 Å². The SMILES string of the molecule is CC(=O)c1ccc(SCCc2cc(O)c(-c3c(C)cc(C)cc3C)c(=O)o2)cc1.